The van der Waals surface area contributed by atoms with E-state index in [0.29, 0.717) is 12.4 Å². The van der Waals surface area contributed by atoms with Crippen LogP contribution < -0.4 is 9.64 Å². The standard InChI is InChI=1S/C21H22N2O2/c1-16(24)19-10-6-7-11-20(19)23(2)15-17-12-13-21(22-14-17)25-18-8-4-3-5-9-18/h3-14,16,24H,15H2,1-2H3/t16-/m0/s1. The summed E-state index contributed by atoms with van der Waals surface area (Å²) in [5, 5.41) is 9.94. The van der Waals surface area contributed by atoms with Crippen LogP contribution in [-0.4, -0.2) is 17.1 Å². The fourth-order valence-electron chi connectivity index (χ4n) is 2.72. The molecule has 0 saturated heterocycles. The van der Waals surface area contributed by atoms with Gasteiger partial charge in [0.15, 0.2) is 0 Å². The maximum Gasteiger partial charge on any atom is 0.219 e. The summed E-state index contributed by atoms with van der Waals surface area (Å²) >= 11 is 0. The zero-order chi connectivity index (χ0) is 17.6. The molecular weight excluding hydrogens is 312 g/mol. The number of pyridine rings is 1. The van der Waals surface area contributed by atoms with Gasteiger partial charge in [-0.15, -0.1) is 0 Å². The Morgan fingerprint density at radius 2 is 1.72 bits per heavy atom. The number of hydrogen-bond acceptors (Lipinski definition) is 4. The van der Waals surface area contributed by atoms with Crippen molar-refractivity contribution >= 4 is 5.69 Å². The zero-order valence-corrected chi connectivity index (χ0v) is 14.5. The molecule has 0 unspecified atom stereocenters. The minimum absolute atomic E-state index is 0.501. The zero-order valence-electron chi connectivity index (χ0n) is 14.5. The molecule has 25 heavy (non-hydrogen) atoms. The van der Waals surface area contributed by atoms with Crippen LogP contribution in [0.5, 0.6) is 11.6 Å². The van der Waals surface area contributed by atoms with Gasteiger partial charge in [0.25, 0.3) is 0 Å². The normalized spacial score (nSPS) is 11.8. The number of aromatic nitrogens is 1. The predicted molar refractivity (Wildman–Crippen MR) is 99.9 cm³/mol. The number of ether oxygens (including phenoxy) is 1. The van der Waals surface area contributed by atoms with E-state index in [4.69, 9.17) is 4.74 Å². The smallest absolute Gasteiger partial charge is 0.219 e. The minimum Gasteiger partial charge on any atom is -0.439 e. The minimum atomic E-state index is -0.501. The Bertz CT molecular complexity index is 802. The number of aliphatic hydroxyl groups is 1. The molecule has 0 bridgehead atoms. The summed E-state index contributed by atoms with van der Waals surface area (Å²) in [6.07, 6.45) is 1.32. The topological polar surface area (TPSA) is 45.6 Å². The van der Waals surface area contributed by atoms with Gasteiger partial charge >= 0.3 is 0 Å². The van der Waals surface area contributed by atoms with Gasteiger partial charge in [0.2, 0.25) is 5.88 Å². The van der Waals surface area contributed by atoms with E-state index in [1.54, 1.807) is 6.92 Å². The van der Waals surface area contributed by atoms with Crippen molar-refractivity contribution in [3.63, 3.8) is 0 Å². The van der Waals surface area contributed by atoms with E-state index in [2.05, 4.69) is 9.88 Å². The molecule has 0 saturated carbocycles. The Morgan fingerprint density at radius 3 is 2.40 bits per heavy atom. The summed E-state index contributed by atoms with van der Waals surface area (Å²) in [5.41, 5.74) is 3.01. The SMILES string of the molecule is C[C@H](O)c1ccccc1N(C)Cc1ccc(Oc2ccccc2)nc1. The molecule has 0 aliphatic carbocycles. The largest absolute Gasteiger partial charge is 0.439 e. The van der Waals surface area contributed by atoms with Gasteiger partial charge in [0, 0.05) is 37.1 Å². The average Bonchev–Trinajstić information content (AvgIpc) is 2.64. The van der Waals surface area contributed by atoms with E-state index in [9.17, 15) is 5.11 Å². The summed E-state index contributed by atoms with van der Waals surface area (Å²) in [6, 6.07) is 21.4. The molecule has 0 fully saturated rings. The third-order valence-electron chi connectivity index (χ3n) is 3.98. The summed E-state index contributed by atoms with van der Waals surface area (Å²) in [5.74, 6) is 1.34. The number of para-hydroxylation sites is 2. The van der Waals surface area contributed by atoms with E-state index < -0.39 is 6.10 Å². The fraction of sp³-hybridized carbons (Fsp3) is 0.190. The molecule has 3 aromatic rings. The van der Waals surface area contributed by atoms with Gasteiger partial charge < -0.3 is 14.7 Å². The van der Waals surface area contributed by atoms with Crippen LogP contribution in [0.4, 0.5) is 5.69 Å². The van der Waals surface area contributed by atoms with Crippen molar-refractivity contribution in [3.8, 4) is 11.6 Å². The molecule has 1 heterocycles. The summed E-state index contributed by atoms with van der Waals surface area (Å²) in [6.45, 7) is 2.48. The van der Waals surface area contributed by atoms with Crippen molar-refractivity contribution < 1.29 is 9.84 Å². The molecule has 0 amide bonds. The first kappa shape index (κ1) is 17.0. The highest BCUT2D eigenvalue weighted by atomic mass is 16.5. The number of hydrogen-bond donors (Lipinski definition) is 1. The highest BCUT2D eigenvalue weighted by molar-refractivity contribution is 5.54. The Labute approximate surface area is 148 Å². The number of anilines is 1. The Balaban J connectivity index is 1.69. The molecular formula is C21H22N2O2. The van der Waals surface area contributed by atoms with Crippen molar-refractivity contribution in [1.29, 1.82) is 0 Å². The van der Waals surface area contributed by atoms with Crippen LogP contribution in [0, 0.1) is 0 Å². The van der Waals surface area contributed by atoms with Gasteiger partial charge in [-0.1, -0.05) is 42.5 Å². The Kier molecular flexibility index (Phi) is 5.31. The lowest BCUT2D eigenvalue weighted by molar-refractivity contribution is 0.199. The predicted octanol–water partition coefficient (Wildman–Crippen LogP) is 4.56. The number of benzene rings is 2. The van der Waals surface area contributed by atoms with Gasteiger partial charge in [0.05, 0.1) is 6.10 Å². The second-order valence-corrected chi connectivity index (χ2v) is 6.01. The summed E-state index contributed by atoms with van der Waals surface area (Å²) < 4.78 is 5.72. The van der Waals surface area contributed by atoms with Crippen LogP contribution in [-0.2, 0) is 6.54 Å². The third kappa shape index (κ3) is 4.37. The van der Waals surface area contributed by atoms with Crippen LogP contribution in [0.3, 0.4) is 0 Å². The quantitative estimate of drug-likeness (QED) is 0.717. The maximum atomic E-state index is 9.94. The first-order valence-electron chi connectivity index (χ1n) is 8.29. The Morgan fingerprint density at radius 1 is 1.00 bits per heavy atom. The first-order chi connectivity index (χ1) is 12.1. The third-order valence-corrected chi connectivity index (χ3v) is 3.98. The molecule has 4 nitrogen and oxygen atoms in total. The maximum absolute atomic E-state index is 9.94. The molecule has 2 aromatic carbocycles. The second kappa shape index (κ2) is 7.81. The summed E-state index contributed by atoms with van der Waals surface area (Å²) in [7, 11) is 2.01. The van der Waals surface area contributed by atoms with Gasteiger partial charge in [-0.2, -0.15) is 0 Å². The molecule has 0 aliphatic rings. The second-order valence-electron chi connectivity index (χ2n) is 6.01. The van der Waals surface area contributed by atoms with Crippen molar-refractivity contribution in [2.24, 2.45) is 0 Å². The molecule has 4 heteroatoms. The van der Waals surface area contributed by atoms with Crippen molar-refractivity contribution in [2.45, 2.75) is 19.6 Å². The van der Waals surface area contributed by atoms with Gasteiger partial charge in [-0.3, -0.25) is 0 Å². The lowest BCUT2D eigenvalue weighted by Gasteiger charge is -2.23. The van der Waals surface area contributed by atoms with Crippen LogP contribution in [0.1, 0.15) is 24.2 Å². The first-order valence-corrected chi connectivity index (χ1v) is 8.29. The molecule has 0 spiro atoms. The van der Waals surface area contributed by atoms with E-state index in [1.165, 1.54) is 0 Å². The van der Waals surface area contributed by atoms with Crippen LogP contribution in [0.15, 0.2) is 72.9 Å². The monoisotopic (exact) mass is 334 g/mol. The molecule has 0 radical (unpaired) electrons. The highest BCUT2D eigenvalue weighted by Crippen LogP contribution is 2.26. The van der Waals surface area contributed by atoms with Crippen LogP contribution in [0.25, 0.3) is 0 Å². The molecule has 1 aromatic heterocycles. The molecule has 1 N–H and O–H groups in total. The highest BCUT2D eigenvalue weighted by Gasteiger charge is 2.11. The average molecular weight is 334 g/mol. The van der Waals surface area contributed by atoms with E-state index in [1.807, 2.05) is 80.0 Å². The van der Waals surface area contributed by atoms with Gasteiger partial charge in [0.1, 0.15) is 5.75 Å². The van der Waals surface area contributed by atoms with Crippen molar-refractivity contribution in [3.05, 3.63) is 84.1 Å². The van der Waals surface area contributed by atoms with Gasteiger partial charge in [-0.25, -0.2) is 4.98 Å². The van der Waals surface area contributed by atoms with Crippen LogP contribution >= 0.6 is 0 Å². The number of nitrogens with zero attached hydrogens (tertiary/aromatic N) is 2. The molecule has 1 atom stereocenters. The van der Waals surface area contributed by atoms with Crippen molar-refractivity contribution in [2.75, 3.05) is 11.9 Å². The van der Waals surface area contributed by atoms with E-state index in [0.717, 1.165) is 22.6 Å². The lowest BCUT2D eigenvalue weighted by Crippen LogP contribution is -2.18. The summed E-state index contributed by atoms with van der Waals surface area (Å²) in [4.78, 5) is 6.49. The Hall–Kier alpha value is -2.85. The molecule has 0 aliphatic heterocycles. The molecule has 128 valence electrons. The number of aliphatic hydroxyl groups excluding tert-OH is 1. The van der Waals surface area contributed by atoms with Crippen molar-refractivity contribution in [1.82, 2.24) is 4.98 Å². The number of rotatable bonds is 6. The van der Waals surface area contributed by atoms with Crippen LogP contribution in [0.2, 0.25) is 0 Å². The lowest BCUT2D eigenvalue weighted by atomic mass is 10.1. The fourth-order valence-corrected chi connectivity index (χ4v) is 2.72. The van der Waals surface area contributed by atoms with Gasteiger partial charge in [-0.05, 0) is 30.7 Å². The molecule has 3 rings (SSSR count). The van der Waals surface area contributed by atoms with E-state index in [-0.39, 0.29) is 0 Å². The van der Waals surface area contributed by atoms with E-state index >= 15 is 0 Å².